The molecule has 7 nitrogen and oxygen atoms in total. The van der Waals surface area contributed by atoms with Gasteiger partial charge in [-0.15, -0.1) is 0 Å². The van der Waals surface area contributed by atoms with Gasteiger partial charge >= 0.3 is 0 Å². The number of rotatable bonds is 7. The van der Waals surface area contributed by atoms with Gasteiger partial charge in [-0.05, 0) is 48.4 Å². The summed E-state index contributed by atoms with van der Waals surface area (Å²) in [7, 11) is 0. The standard InChI is InChI=1S/C27H24N4O3/c1-3-12-34-20-8-4-7-19(14-20)26-23-24(21-13-17(2)9-10-22(21)32)29-30-25(23)27(33)31(26)16-18-6-5-11-28-15-18/h3-11,13-15,26,32H,1,12,16H2,2H3,(H,29,30). The van der Waals surface area contributed by atoms with E-state index in [-0.39, 0.29) is 11.7 Å². The van der Waals surface area contributed by atoms with Crippen molar-refractivity contribution in [2.24, 2.45) is 0 Å². The van der Waals surface area contributed by atoms with E-state index in [2.05, 4.69) is 21.8 Å². The Morgan fingerprint density at radius 2 is 2.09 bits per heavy atom. The number of hydrogen-bond acceptors (Lipinski definition) is 5. The number of ether oxygens (including phenoxy) is 1. The zero-order valence-electron chi connectivity index (χ0n) is 18.7. The highest BCUT2D eigenvalue weighted by Gasteiger charge is 2.42. The van der Waals surface area contributed by atoms with Crippen LogP contribution in [0.4, 0.5) is 0 Å². The maximum Gasteiger partial charge on any atom is 0.273 e. The third-order valence-corrected chi connectivity index (χ3v) is 5.89. The zero-order chi connectivity index (χ0) is 23.7. The molecule has 34 heavy (non-hydrogen) atoms. The number of carbonyl (C=O) groups excluding carboxylic acids is 1. The molecule has 0 saturated heterocycles. The number of phenolic OH excluding ortho intramolecular Hbond substituents is 1. The van der Waals surface area contributed by atoms with Gasteiger partial charge in [-0.2, -0.15) is 5.10 Å². The molecule has 1 amide bonds. The first-order valence-corrected chi connectivity index (χ1v) is 11.0. The van der Waals surface area contributed by atoms with E-state index in [0.29, 0.717) is 35.9 Å². The molecule has 1 aliphatic heterocycles. The molecule has 0 aliphatic carbocycles. The van der Waals surface area contributed by atoms with Crippen LogP contribution in [0.1, 0.15) is 38.8 Å². The smallest absolute Gasteiger partial charge is 0.273 e. The van der Waals surface area contributed by atoms with Crippen LogP contribution < -0.4 is 4.74 Å². The number of amides is 1. The molecule has 2 aromatic carbocycles. The van der Waals surface area contributed by atoms with E-state index < -0.39 is 6.04 Å². The number of nitrogens with one attached hydrogen (secondary N) is 1. The molecule has 3 heterocycles. The van der Waals surface area contributed by atoms with Crippen molar-refractivity contribution in [3.8, 4) is 22.8 Å². The summed E-state index contributed by atoms with van der Waals surface area (Å²) in [6.07, 6.45) is 5.15. The van der Waals surface area contributed by atoms with E-state index in [1.165, 1.54) is 0 Å². The number of carbonyl (C=O) groups is 1. The van der Waals surface area contributed by atoms with Crippen molar-refractivity contribution in [2.45, 2.75) is 19.5 Å². The Labute approximate surface area is 197 Å². The summed E-state index contributed by atoms with van der Waals surface area (Å²) < 4.78 is 5.76. The number of nitrogens with zero attached hydrogens (tertiary/aromatic N) is 3. The lowest BCUT2D eigenvalue weighted by atomic mass is 9.95. The number of benzene rings is 2. The topological polar surface area (TPSA) is 91.3 Å². The van der Waals surface area contributed by atoms with Crippen LogP contribution in [0.2, 0.25) is 0 Å². The van der Waals surface area contributed by atoms with Crippen molar-refractivity contribution in [1.82, 2.24) is 20.1 Å². The van der Waals surface area contributed by atoms with E-state index in [1.54, 1.807) is 29.4 Å². The summed E-state index contributed by atoms with van der Waals surface area (Å²) in [4.78, 5) is 19.6. The summed E-state index contributed by atoms with van der Waals surface area (Å²) in [6, 6.07) is 16.4. The van der Waals surface area contributed by atoms with E-state index in [9.17, 15) is 9.90 Å². The van der Waals surface area contributed by atoms with Gasteiger partial charge in [-0.25, -0.2) is 0 Å². The van der Waals surface area contributed by atoms with Gasteiger partial charge in [-0.1, -0.05) is 42.5 Å². The number of pyridine rings is 1. The van der Waals surface area contributed by atoms with Crippen LogP contribution in [-0.4, -0.2) is 37.7 Å². The van der Waals surface area contributed by atoms with E-state index in [4.69, 9.17) is 4.74 Å². The van der Waals surface area contributed by atoms with E-state index in [1.807, 2.05) is 55.5 Å². The first-order valence-electron chi connectivity index (χ1n) is 11.0. The van der Waals surface area contributed by atoms with Crippen LogP contribution in [-0.2, 0) is 6.54 Å². The molecule has 1 aliphatic rings. The van der Waals surface area contributed by atoms with Gasteiger partial charge in [0.05, 0.1) is 6.04 Å². The number of aromatic nitrogens is 3. The minimum atomic E-state index is -0.427. The van der Waals surface area contributed by atoms with Gasteiger partial charge in [0.25, 0.3) is 5.91 Å². The molecule has 0 bridgehead atoms. The predicted molar refractivity (Wildman–Crippen MR) is 129 cm³/mol. The van der Waals surface area contributed by atoms with Crippen LogP contribution in [0, 0.1) is 6.92 Å². The van der Waals surface area contributed by atoms with Crippen molar-refractivity contribution >= 4 is 5.91 Å². The second-order valence-electron chi connectivity index (χ2n) is 8.25. The van der Waals surface area contributed by atoms with Crippen molar-refractivity contribution < 1.29 is 14.6 Å². The summed E-state index contributed by atoms with van der Waals surface area (Å²) >= 11 is 0. The lowest BCUT2D eigenvalue weighted by Gasteiger charge is -2.27. The number of aromatic hydroxyl groups is 1. The minimum Gasteiger partial charge on any atom is -0.507 e. The van der Waals surface area contributed by atoms with Crippen molar-refractivity contribution in [2.75, 3.05) is 6.61 Å². The summed E-state index contributed by atoms with van der Waals surface area (Å²) in [5, 5.41) is 18.0. The Hall–Kier alpha value is -4.39. The largest absolute Gasteiger partial charge is 0.507 e. The van der Waals surface area contributed by atoms with Crippen LogP contribution in [0.3, 0.4) is 0 Å². The second-order valence-corrected chi connectivity index (χ2v) is 8.25. The fourth-order valence-electron chi connectivity index (χ4n) is 4.37. The summed E-state index contributed by atoms with van der Waals surface area (Å²) in [5.74, 6) is 0.634. The fourth-order valence-corrected chi connectivity index (χ4v) is 4.37. The molecule has 0 spiro atoms. The third-order valence-electron chi connectivity index (χ3n) is 5.89. The van der Waals surface area contributed by atoms with Crippen molar-refractivity contribution in [3.05, 3.63) is 108 Å². The third kappa shape index (κ3) is 3.81. The molecule has 0 fully saturated rings. The fraction of sp³-hybridized carbons (Fsp3) is 0.148. The van der Waals surface area contributed by atoms with Crippen LogP contribution >= 0.6 is 0 Å². The summed E-state index contributed by atoms with van der Waals surface area (Å²) in [6.45, 7) is 6.41. The SMILES string of the molecule is C=CCOc1cccc(C2c3c(-c4cc(C)ccc4O)n[nH]c3C(=O)N2Cc2cccnc2)c1. The molecule has 5 rings (SSSR count). The van der Waals surface area contributed by atoms with Gasteiger partial charge in [0.1, 0.15) is 29.5 Å². The molecular weight excluding hydrogens is 428 g/mol. The maximum atomic E-state index is 13.6. The van der Waals surface area contributed by atoms with Crippen LogP contribution in [0.25, 0.3) is 11.3 Å². The maximum absolute atomic E-state index is 13.6. The van der Waals surface area contributed by atoms with E-state index in [0.717, 1.165) is 22.3 Å². The highest BCUT2D eigenvalue weighted by molar-refractivity contribution is 6.00. The second kappa shape index (κ2) is 8.86. The Balaban J connectivity index is 1.66. The highest BCUT2D eigenvalue weighted by Crippen LogP contribution is 2.45. The van der Waals surface area contributed by atoms with Crippen molar-refractivity contribution in [1.29, 1.82) is 0 Å². The first-order chi connectivity index (χ1) is 16.6. The Morgan fingerprint density at radius 3 is 2.88 bits per heavy atom. The highest BCUT2D eigenvalue weighted by atomic mass is 16.5. The molecule has 2 aromatic heterocycles. The van der Waals surface area contributed by atoms with Crippen LogP contribution in [0.15, 0.2) is 79.6 Å². The molecule has 1 unspecified atom stereocenters. The van der Waals surface area contributed by atoms with Gasteiger partial charge in [0.15, 0.2) is 0 Å². The average Bonchev–Trinajstić information content (AvgIpc) is 3.39. The Morgan fingerprint density at radius 1 is 1.21 bits per heavy atom. The van der Waals surface area contributed by atoms with Gasteiger partial charge in [0, 0.05) is 30.1 Å². The number of aryl methyl sites for hydroxylation is 1. The lowest BCUT2D eigenvalue weighted by molar-refractivity contribution is 0.0729. The first kappa shape index (κ1) is 21.5. The molecule has 7 heteroatoms. The normalized spacial score (nSPS) is 14.8. The molecular formula is C27H24N4O3. The lowest BCUT2D eigenvalue weighted by Crippen LogP contribution is -2.29. The predicted octanol–water partition coefficient (Wildman–Crippen LogP) is 4.80. The number of hydrogen-bond donors (Lipinski definition) is 2. The molecule has 0 radical (unpaired) electrons. The van der Waals surface area contributed by atoms with E-state index >= 15 is 0 Å². The molecule has 0 saturated carbocycles. The van der Waals surface area contributed by atoms with Crippen molar-refractivity contribution in [3.63, 3.8) is 0 Å². The number of aromatic amines is 1. The number of fused-ring (bicyclic) bond motifs is 1. The zero-order valence-corrected chi connectivity index (χ0v) is 18.7. The molecule has 4 aromatic rings. The molecule has 1 atom stereocenters. The number of H-pyrrole nitrogens is 1. The molecule has 170 valence electrons. The van der Waals surface area contributed by atoms with Gasteiger partial charge in [-0.3, -0.25) is 14.9 Å². The monoisotopic (exact) mass is 452 g/mol. The average molecular weight is 453 g/mol. The number of phenols is 1. The van der Waals surface area contributed by atoms with Gasteiger partial charge in [0.2, 0.25) is 0 Å². The quantitative estimate of drug-likeness (QED) is 0.393. The van der Waals surface area contributed by atoms with Gasteiger partial charge < -0.3 is 14.7 Å². The minimum absolute atomic E-state index is 0.111. The molecule has 2 N–H and O–H groups in total. The Bertz CT molecular complexity index is 1360. The summed E-state index contributed by atoms with van der Waals surface area (Å²) in [5.41, 5.74) is 5.07. The Kier molecular flexibility index (Phi) is 5.59. The van der Waals surface area contributed by atoms with Crippen LogP contribution in [0.5, 0.6) is 11.5 Å².